The molecule has 2 fully saturated rings. The fourth-order valence-electron chi connectivity index (χ4n) is 6.82. The number of aliphatic hydroxyl groups excluding tert-OH is 4. The number of rotatable bonds is 10. The zero-order valence-electron chi connectivity index (χ0n) is 27.6. The van der Waals surface area contributed by atoms with Crippen LogP contribution in [0.25, 0.3) is 21.9 Å². The van der Waals surface area contributed by atoms with E-state index in [-0.39, 0.29) is 31.3 Å². The standard InChI is InChI=1S/C34H38O16/c1-40-19-8-15-16(9-20(19)41-2)29(17-11-44-32(39)25(17)24(15)14-5-6-18-21(7-14)47-13-46-18)49-34-31(30(43-4)23(42-3)12-45-34)50-33-28(38)27(37)26(36)22(10-35)48-33/h5-9,22-23,26-28,30-31,33-38H,10-13H2,1-4H3/t22-,23-,26-,27+,28-,30+,31-,33+,34+/m1/s1. The molecular weight excluding hydrogens is 664 g/mol. The van der Waals surface area contributed by atoms with Gasteiger partial charge in [-0.25, -0.2) is 4.79 Å². The highest BCUT2D eigenvalue weighted by Crippen LogP contribution is 2.50. The molecule has 0 aromatic heterocycles. The summed E-state index contributed by atoms with van der Waals surface area (Å²) in [5.41, 5.74) is 1.85. The summed E-state index contributed by atoms with van der Waals surface area (Å²) in [5.74, 6) is 1.47. The minimum Gasteiger partial charge on any atom is -0.493 e. The molecule has 0 radical (unpaired) electrons. The maximum absolute atomic E-state index is 13.5. The molecule has 9 atom stereocenters. The Balaban J connectivity index is 1.36. The van der Waals surface area contributed by atoms with E-state index in [4.69, 9.17) is 52.1 Å². The van der Waals surface area contributed by atoms with Crippen LogP contribution in [0.15, 0.2) is 30.3 Å². The van der Waals surface area contributed by atoms with Gasteiger partial charge in [-0.05, 0) is 35.2 Å². The Hall–Kier alpha value is -3.97. The van der Waals surface area contributed by atoms with Crippen LogP contribution in [0.4, 0.5) is 0 Å². The molecule has 4 aliphatic heterocycles. The third-order valence-corrected chi connectivity index (χ3v) is 9.41. The number of ether oxygens (including phenoxy) is 11. The lowest BCUT2D eigenvalue weighted by molar-refractivity contribution is -0.351. The van der Waals surface area contributed by atoms with Gasteiger partial charge in [0.1, 0.15) is 49.0 Å². The summed E-state index contributed by atoms with van der Waals surface area (Å²) in [6.07, 6.45) is -11.8. The Labute approximate surface area is 285 Å². The van der Waals surface area contributed by atoms with Crippen LogP contribution in [0.3, 0.4) is 0 Å². The molecule has 4 heterocycles. The number of fused-ring (bicyclic) bond motifs is 3. The Kier molecular flexibility index (Phi) is 9.64. The summed E-state index contributed by atoms with van der Waals surface area (Å²) in [5, 5.41) is 42.4. The van der Waals surface area contributed by atoms with Crippen molar-refractivity contribution >= 4 is 16.7 Å². The smallest absolute Gasteiger partial charge is 0.339 e. The van der Waals surface area contributed by atoms with E-state index >= 15 is 0 Å². The van der Waals surface area contributed by atoms with E-state index in [0.29, 0.717) is 50.5 Å². The van der Waals surface area contributed by atoms with Crippen LogP contribution < -0.4 is 23.7 Å². The highest BCUT2D eigenvalue weighted by molar-refractivity contribution is 6.14. The van der Waals surface area contributed by atoms with Crippen molar-refractivity contribution in [3.05, 3.63) is 41.5 Å². The van der Waals surface area contributed by atoms with Crippen molar-refractivity contribution in [3.63, 3.8) is 0 Å². The molecule has 0 amide bonds. The fourth-order valence-corrected chi connectivity index (χ4v) is 6.82. The van der Waals surface area contributed by atoms with E-state index in [1.807, 2.05) is 6.07 Å². The van der Waals surface area contributed by atoms with Crippen LogP contribution in [0.1, 0.15) is 15.9 Å². The molecule has 270 valence electrons. The van der Waals surface area contributed by atoms with Gasteiger partial charge in [-0.3, -0.25) is 0 Å². The molecule has 7 rings (SSSR count). The van der Waals surface area contributed by atoms with Gasteiger partial charge in [0.2, 0.25) is 13.1 Å². The Morgan fingerprint density at radius 3 is 2.24 bits per heavy atom. The van der Waals surface area contributed by atoms with E-state index in [0.717, 1.165) is 0 Å². The third kappa shape index (κ3) is 5.75. The summed E-state index contributed by atoms with van der Waals surface area (Å²) >= 11 is 0. The molecule has 4 aliphatic rings. The predicted octanol–water partition coefficient (Wildman–Crippen LogP) is 0.873. The zero-order valence-corrected chi connectivity index (χ0v) is 27.6. The first-order chi connectivity index (χ1) is 24.2. The molecular formula is C34H38O16. The van der Waals surface area contributed by atoms with Crippen molar-refractivity contribution in [2.75, 3.05) is 48.4 Å². The molecule has 3 aromatic rings. The predicted molar refractivity (Wildman–Crippen MR) is 168 cm³/mol. The largest absolute Gasteiger partial charge is 0.493 e. The summed E-state index contributed by atoms with van der Waals surface area (Å²) < 4.78 is 64.1. The van der Waals surface area contributed by atoms with Gasteiger partial charge in [-0.2, -0.15) is 0 Å². The van der Waals surface area contributed by atoms with E-state index in [2.05, 4.69) is 0 Å². The normalized spacial score (nSPS) is 30.2. The van der Waals surface area contributed by atoms with Crippen LogP contribution >= 0.6 is 0 Å². The maximum Gasteiger partial charge on any atom is 0.339 e. The third-order valence-electron chi connectivity index (χ3n) is 9.41. The number of hydrogen-bond donors (Lipinski definition) is 4. The van der Waals surface area contributed by atoms with Gasteiger partial charge in [0.15, 0.2) is 35.4 Å². The van der Waals surface area contributed by atoms with Crippen LogP contribution in [-0.4, -0.2) is 130 Å². The number of cyclic esters (lactones) is 1. The number of carbonyl (C=O) groups excluding carboxylic acids is 1. The van der Waals surface area contributed by atoms with Gasteiger partial charge in [0.05, 0.1) is 33.0 Å². The highest BCUT2D eigenvalue weighted by Gasteiger charge is 2.50. The molecule has 50 heavy (non-hydrogen) atoms. The Morgan fingerprint density at radius 2 is 1.54 bits per heavy atom. The van der Waals surface area contributed by atoms with Crippen LogP contribution in [0, 0.1) is 0 Å². The molecule has 0 spiro atoms. The molecule has 0 unspecified atom stereocenters. The molecule has 0 aliphatic carbocycles. The van der Waals surface area contributed by atoms with Crippen molar-refractivity contribution in [3.8, 4) is 39.9 Å². The average Bonchev–Trinajstić information content (AvgIpc) is 3.77. The molecule has 2 saturated heterocycles. The zero-order chi connectivity index (χ0) is 35.3. The van der Waals surface area contributed by atoms with E-state index in [9.17, 15) is 25.2 Å². The number of carbonyl (C=O) groups is 1. The second kappa shape index (κ2) is 14.0. The molecule has 16 heteroatoms. The summed E-state index contributed by atoms with van der Waals surface area (Å²) in [6.45, 7) is -0.730. The van der Waals surface area contributed by atoms with Gasteiger partial charge in [0.25, 0.3) is 0 Å². The second-order valence-electron chi connectivity index (χ2n) is 12.0. The number of benzene rings is 3. The number of hydrogen-bond acceptors (Lipinski definition) is 16. The Bertz CT molecular complexity index is 1740. The molecule has 0 saturated carbocycles. The SMILES string of the molecule is COc1cc2c(O[C@@H]3OC[C@@H](OC)[C@H](OC)[C@H]3O[C@@H]3O[C@H](CO)[C@@H](O)[C@H](O)[C@H]3O)c3c(c(-c4ccc5c(c4)OCO5)c2cc1OC)C(=O)OC3. The van der Waals surface area contributed by atoms with Crippen LogP contribution in [0.5, 0.6) is 28.7 Å². The second-order valence-corrected chi connectivity index (χ2v) is 12.0. The van der Waals surface area contributed by atoms with Crippen molar-refractivity contribution in [2.24, 2.45) is 0 Å². The number of esters is 1. The quantitative estimate of drug-likeness (QED) is 0.217. The van der Waals surface area contributed by atoms with Crippen LogP contribution in [-0.2, 0) is 35.0 Å². The van der Waals surface area contributed by atoms with Crippen molar-refractivity contribution in [1.82, 2.24) is 0 Å². The van der Waals surface area contributed by atoms with Crippen LogP contribution in [0.2, 0.25) is 0 Å². The highest BCUT2D eigenvalue weighted by atomic mass is 16.8. The fraction of sp³-hybridized carbons (Fsp3) is 0.500. The molecule has 3 aromatic carbocycles. The maximum atomic E-state index is 13.5. The lowest BCUT2D eigenvalue weighted by Crippen LogP contribution is -2.63. The number of methoxy groups -OCH3 is 4. The van der Waals surface area contributed by atoms with Crippen molar-refractivity contribution in [1.29, 1.82) is 0 Å². The minimum absolute atomic E-state index is 0.00378. The summed E-state index contributed by atoms with van der Waals surface area (Å²) in [4.78, 5) is 13.5. The van der Waals surface area contributed by atoms with E-state index < -0.39 is 67.9 Å². The monoisotopic (exact) mass is 702 g/mol. The lowest BCUT2D eigenvalue weighted by Gasteiger charge is -2.45. The first-order valence-electron chi connectivity index (χ1n) is 15.8. The lowest BCUT2D eigenvalue weighted by atomic mass is 9.89. The summed E-state index contributed by atoms with van der Waals surface area (Å²) in [6, 6.07) is 8.80. The van der Waals surface area contributed by atoms with E-state index in [1.165, 1.54) is 28.4 Å². The van der Waals surface area contributed by atoms with Gasteiger partial charge in [-0.15, -0.1) is 0 Å². The van der Waals surface area contributed by atoms with E-state index in [1.54, 1.807) is 24.3 Å². The Morgan fingerprint density at radius 1 is 0.800 bits per heavy atom. The minimum atomic E-state index is -1.72. The first-order valence-corrected chi connectivity index (χ1v) is 15.8. The summed E-state index contributed by atoms with van der Waals surface area (Å²) in [7, 11) is 5.88. The van der Waals surface area contributed by atoms with Gasteiger partial charge in [-0.1, -0.05) is 6.07 Å². The molecule has 16 nitrogen and oxygen atoms in total. The van der Waals surface area contributed by atoms with Crippen molar-refractivity contribution in [2.45, 2.75) is 61.9 Å². The average molecular weight is 703 g/mol. The van der Waals surface area contributed by atoms with Gasteiger partial charge >= 0.3 is 5.97 Å². The topological polar surface area (TPSA) is 200 Å². The van der Waals surface area contributed by atoms with Gasteiger partial charge < -0.3 is 72.5 Å². The molecule has 0 bridgehead atoms. The number of aliphatic hydroxyl groups is 4. The van der Waals surface area contributed by atoms with Crippen molar-refractivity contribution < 1.29 is 77.3 Å². The first kappa shape index (κ1) is 34.5. The van der Waals surface area contributed by atoms with Gasteiger partial charge in [0, 0.05) is 30.7 Å². The molecule has 4 N–H and O–H groups in total.